The van der Waals surface area contributed by atoms with Crippen molar-refractivity contribution in [2.24, 2.45) is 16.8 Å². The zero-order chi connectivity index (χ0) is 15.3. The summed E-state index contributed by atoms with van der Waals surface area (Å²) in [6.45, 7) is 0. The van der Waals surface area contributed by atoms with E-state index in [1.54, 1.807) is 0 Å². The van der Waals surface area contributed by atoms with Gasteiger partial charge in [0.25, 0.3) is 5.89 Å². The smallest absolute Gasteiger partial charge is 0.284 e. The Bertz CT molecular complexity index is 747. The molecular formula is C17H19N5O. The lowest BCUT2D eigenvalue weighted by molar-refractivity contribution is 0.0506. The van der Waals surface area contributed by atoms with E-state index in [2.05, 4.69) is 21.0 Å². The molecule has 23 heavy (non-hydrogen) atoms. The molecule has 2 aromatic rings. The molecule has 0 radical (unpaired) electrons. The zero-order valence-corrected chi connectivity index (χ0v) is 12.8. The van der Waals surface area contributed by atoms with Gasteiger partial charge in [0.05, 0.1) is 0 Å². The summed E-state index contributed by atoms with van der Waals surface area (Å²) in [6, 6.07) is 9.80. The number of hydrogen-bond acceptors (Lipinski definition) is 6. The molecule has 3 aliphatic carbocycles. The summed E-state index contributed by atoms with van der Waals surface area (Å²) >= 11 is 0. The Balaban J connectivity index is 1.45. The van der Waals surface area contributed by atoms with E-state index in [0.29, 0.717) is 23.5 Å². The Labute approximate surface area is 134 Å². The van der Waals surface area contributed by atoms with Crippen molar-refractivity contribution >= 4 is 5.84 Å². The third kappa shape index (κ3) is 2.09. The Hall–Kier alpha value is -2.21. The van der Waals surface area contributed by atoms with Gasteiger partial charge in [-0.15, -0.1) is 10.2 Å². The second-order valence-corrected chi connectivity index (χ2v) is 6.83. The maximum atomic E-state index is 5.81. The number of nitrogens with zero attached hydrogens (tertiary/aromatic N) is 3. The predicted molar refractivity (Wildman–Crippen MR) is 85.3 cm³/mol. The van der Waals surface area contributed by atoms with E-state index in [1.807, 2.05) is 30.3 Å². The van der Waals surface area contributed by atoms with Crippen molar-refractivity contribution in [2.45, 2.75) is 37.8 Å². The van der Waals surface area contributed by atoms with Crippen LogP contribution in [-0.2, 0) is 0 Å². The van der Waals surface area contributed by atoms with E-state index in [9.17, 15) is 0 Å². The molecule has 4 aliphatic rings. The van der Waals surface area contributed by atoms with Crippen molar-refractivity contribution < 1.29 is 4.42 Å². The van der Waals surface area contributed by atoms with E-state index in [4.69, 9.17) is 9.41 Å². The van der Waals surface area contributed by atoms with Gasteiger partial charge < -0.3 is 4.42 Å². The fourth-order valence-corrected chi connectivity index (χ4v) is 4.28. The van der Waals surface area contributed by atoms with Gasteiger partial charge in [-0.3, -0.25) is 5.43 Å². The van der Waals surface area contributed by atoms with Gasteiger partial charge >= 0.3 is 0 Å². The molecule has 6 nitrogen and oxygen atoms in total. The van der Waals surface area contributed by atoms with Crippen LogP contribution in [-0.4, -0.2) is 21.7 Å². The van der Waals surface area contributed by atoms with E-state index >= 15 is 0 Å². The summed E-state index contributed by atoms with van der Waals surface area (Å²) < 4.78 is 5.81. The van der Waals surface area contributed by atoms with E-state index < -0.39 is 0 Å². The number of nitrogens with one attached hydrogen (secondary N) is 2. The molecule has 118 valence electrons. The topological polar surface area (TPSA) is 75.3 Å². The lowest BCUT2D eigenvalue weighted by Gasteiger charge is -2.47. The zero-order valence-electron chi connectivity index (χ0n) is 12.8. The van der Waals surface area contributed by atoms with Gasteiger partial charge in [0.15, 0.2) is 0 Å². The number of aliphatic imine (C=N–C) groups is 1. The molecule has 1 unspecified atom stereocenters. The molecule has 0 amide bonds. The van der Waals surface area contributed by atoms with Gasteiger partial charge in [-0.05, 0) is 56.1 Å². The summed E-state index contributed by atoms with van der Waals surface area (Å²) in [5.41, 5.74) is 7.36. The minimum absolute atomic E-state index is 0.169. The highest BCUT2D eigenvalue weighted by Crippen LogP contribution is 2.48. The van der Waals surface area contributed by atoms with Crippen LogP contribution in [0.25, 0.3) is 11.5 Å². The number of amidine groups is 1. The number of aromatic nitrogens is 2. The van der Waals surface area contributed by atoms with Crippen molar-refractivity contribution in [3.8, 4) is 11.5 Å². The Morgan fingerprint density at radius 1 is 1.00 bits per heavy atom. The molecular weight excluding hydrogens is 290 g/mol. The van der Waals surface area contributed by atoms with Crippen molar-refractivity contribution in [2.75, 3.05) is 0 Å². The maximum absolute atomic E-state index is 5.81. The average molecular weight is 309 g/mol. The number of hydrogen-bond donors (Lipinski definition) is 2. The molecule has 3 saturated carbocycles. The molecule has 3 fully saturated rings. The van der Waals surface area contributed by atoms with Crippen LogP contribution in [0.5, 0.6) is 0 Å². The largest absolute Gasteiger partial charge is 0.413 e. The van der Waals surface area contributed by atoms with Crippen LogP contribution in [0.1, 0.15) is 38.0 Å². The monoisotopic (exact) mass is 309 g/mol. The molecule has 0 saturated heterocycles. The van der Waals surface area contributed by atoms with Crippen LogP contribution in [0.15, 0.2) is 39.7 Å². The summed E-state index contributed by atoms with van der Waals surface area (Å²) in [6.07, 6.45) is 6.31. The molecule has 1 aromatic heterocycles. The SMILES string of the molecule is c1ccc(-c2nnc(C3=NC4(CC5CCC4CC5)NN3)o2)cc1. The van der Waals surface area contributed by atoms with E-state index in [1.165, 1.54) is 25.7 Å². The quantitative estimate of drug-likeness (QED) is 0.891. The summed E-state index contributed by atoms with van der Waals surface area (Å²) in [7, 11) is 0. The van der Waals surface area contributed by atoms with Crippen LogP contribution >= 0.6 is 0 Å². The third-order valence-electron chi connectivity index (χ3n) is 5.48. The molecule has 2 bridgehead atoms. The molecule has 2 heterocycles. The van der Waals surface area contributed by atoms with Gasteiger partial charge in [-0.25, -0.2) is 10.4 Å². The average Bonchev–Trinajstić information content (AvgIpc) is 3.25. The Kier molecular flexibility index (Phi) is 2.82. The second kappa shape index (κ2) is 4.89. The standard InChI is InChI=1S/C17H19N5O/c1-2-4-12(5-3-1)15-20-21-16(23-15)14-18-17(22-19-14)10-11-6-8-13(17)9-7-11/h1-5,11,13,22H,6-10H2,(H,18,19). The highest BCUT2D eigenvalue weighted by molar-refractivity contribution is 5.95. The summed E-state index contributed by atoms with van der Waals surface area (Å²) in [5.74, 6) is 3.05. The summed E-state index contributed by atoms with van der Waals surface area (Å²) in [5, 5.41) is 8.31. The van der Waals surface area contributed by atoms with Crippen molar-refractivity contribution in [1.82, 2.24) is 21.0 Å². The number of hydrazine groups is 1. The first-order valence-corrected chi connectivity index (χ1v) is 8.35. The lowest BCUT2D eigenvalue weighted by Crippen LogP contribution is -2.56. The van der Waals surface area contributed by atoms with Gasteiger partial charge in [0.2, 0.25) is 11.7 Å². The predicted octanol–water partition coefficient (Wildman–Crippen LogP) is 2.50. The van der Waals surface area contributed by atoms with E-state index in [0.717, 1.165) is 17.9 Å². The van der Waals surface area contributed by atoms with E-state index in [-0.39, 0.29) is 5.66 Å². The first-order valence-electron chi connectivity index (χ1n) is 8.35. The molecule has 1 atom stereocenters. The van der Waals surface area contributed by atoms with Crippen molar-refractivity contribution in [3.63, 3.8) is 0 Å². The van der Waals surface area contributed by atoms with Gasteiger partial charge in [0, 0.05) is 5.56 Å². The minimum Gasteiger partial charge on any atom is -0.413 e. The molecule has 2 N–H and O–H groups in total. The molecule has 1 spiro atoms. The first-order chi connectivity index (χ1) is 11.3. The van der Waals surface area contributed by atoms with Crippen molar-refractivity contribution in [3.05, 3.63) is 36.2 Å². The number of benzene rings is 1. The number of fused-ring (bicyclic) bond motifs is 2. The van der Waals surface area contributed by atoms with Gasteiger partial charge in [0.1, 0.15) is 5.66 Å². The highest BCUT2D eigenvalue weighted by atomic mass is 16.4. The molecule has 1 aliphatic heterocycles. The number of rotatable bonds is 2. The van der Waals surface area contributed by atoms with Crippen molar-refractivity contribution in [1.29, 1.82) is 0 Å². The van der Waals surface area contributed by atoms with Crippen LogP contribution in [0.4, 0.5) is 0 Å². The minimum atomic E-state index is -0.169. The first kappa shape index (κ1) is 13.2. The van der Waals surface area contributed by atoms with Gasteiger partial charge in [-0.2, -0.15) is 0 Å². The maximum Gasteiger partial charge on any atom is 0.284 e. The third-order valence-corrected chi connectivity index (χ3v) is 5.48. The van der Waals surface area contributed by atoms with Crippen LogP contribution < -0.4 is 10.9 Å². The molecule has 1 aromatic carbocycles. The van der Waals surface area contributed by atoms with Crippen LogP contribution in [0.3, 0.4) is 0 Å². The fourth-order valence-electron chi connectivity index (χ4n) is 4.28. The van der Waals surface area contributed by atoms with Crippen LogP contribution in [0, 0.1) is 11.8 Å². The van der Waals surface area contributed by atoms with Gasteiger partial charge in [-0.1, -0.05) is 18.2 Å². The normalized spacial score (nSPS) is 32.1. The molecule has 6 heteroatoms. The highest BCUT2D eigenvalue weighted by Gasteiger charge is 2.50. The fraction of sp³-hybridized carbons (Fsp3) is 0.471. The Morgan fingerprint density at radius 3 is 2.52 bits per heavy atom. The lowest BCUT2D eigenvalue weighted by atomic mass is 9.65. The molecule has 6 rings (SSSR count). The summed E-state index contributed by atoms with van der Waals surface area (Å²) in [4.78, 5) is 4.94. The second-order valence-electron chi connectivity index (χ2n) is 6.83. The Morgan fingerprint density at radius 2 is 1.78 bits per heavy atom. The van der Waals surface area contributed by atoms with Crippen LogP contribution in [0.2, 0.25) is 0 Å².